The second-order valence-electron chi connectivity index (χ2n) is 3.37. The maximum Gasteiger partial charge on any atom is 0.325 e. The van der Waals surface area contributed by atoms with Crippen LogP contribution in [-0.4, -0.2) is 70.0 Å². The second-order valence-corrected chi connectivity index (χ2v) is 7.39. The Morgan fingerprint density at radius 2 is 1.94 bits per heavy atom. The Morgan fingerprint density at radius 1 is 1.41 bits per heavy atom. The SMILES string of the molecule is CNP(CO)C(O)C(OP(C)(=O)O)C(O)CO. The molecule has 0 saturated heterocycles. The number of nitrogens with one attached hydrogen (secondary N) is 1. The number of aliphatic hydroxyl groups excluding tert-OH is 4. The zero-order chi connectivity index (χ0) is 13.6. The molecule has 0 aliphatic carbocycles. The fraction of sp³-hybridized carbons (Fsp3) is 1.00. The van der Waals surface area contributed by atoms with Gasteiger partial charge in [0.1, 0.15) is 18.1 Å². The summed E-state index contributed by atoms with van der Waals surface area (Å²) in [5.41, 5.74) is 0. The fourth-order valence-corrected chi connectivity index (χ4v) is 3.11. The van der Waals surface area contributed by atoms with Gasteiger partial charge >= 0.3 is 7.60 Å². The lowest BCUT2D eigenvalue weighted by Gasteiger charge is -2.31. The molecule has 17 heavy (non-hydrogen) atoms. The maximum atomic E-state index is 11.1. The van der Waals surface area contributed by atoms with E-state index in [-0.39, 0.29) is 0 Å². The minimum Gasteiger partial charge on any atom is -0.394 e. The highest BCUT2D eigenvalue weighted by Gasteiger charge is 2.36. The van der Waals surface area contributed by atoms with E-state index in [0.717, 1.165) is 6.66 Å². The maximum absolute atomic E-state index is 11.1. The Morgan fingerprint density at radius 3 is 2.24 bits per heavy atom. The van der Waals surface area contributed by atoms with E-state index in [9.17, 15) is 14.8 Å². The fourth-order valence-electron chi connectivity index (χ4n) is 1.12. The standard InChI is InChI=1S/C7H19NO7P2/c1-8-16(4-10)7(12)6(5(11)3-9)15-17(2,13)14/h5-12H,3-4H2,1-2H3,(H,13,14). The van der Waals surface area contributed by atoms with Gasteiger partial charge in [0.05, 0.1) is 13.0 Å². The highest BCUT2D eigenvalue weighted by Crippen LogP contribution is 2.44. The third-order valence-electron chi connectivity index (χ3n) is 1.94. The molecular formula is C7H19NO7P2. The first-order valence-electron chi connectivity index (χ1n) is 4.77. The molecule has 0 aromatic heterocycles. The zero-order valence-corrected chi connectivity index (χ0v) is 11.4. The van der Waals surface area contributed by atoms with E-state index in [4.69, 9.17) is 15.1 Å². The van der Waals surface area contributed by atoms with Gasteiger partial charge in [-0.25, -0.2) is 0 Å². The number of aliphatic hydroxyl groups is 4. The van der Waals surface area contributed by atoms with Crippen LogP contribution in [-0.2, 0) is 9.09 Å². The Kier molecular flexibility index (Phi) is 7.91. The van der Waals surface area contributed by atoms with Crippen LogP contribution in [0.2, 0.25) is 0 Å². The highest BCUT2D eigenvalue weighted by atomic mass is 31.2. The van der Waals surface area contributed by atoms with Crippen molar-refractivity contribution in [2.45, 2.75) is 18.1 Å². The lowest BCUT2D eigenvalue weighted by atomic mass is 10.2. The molecule has 0 aromatic carbocycles. The van der Waals surface area contributed by atoms with Gasteiger partial charge in [-0.05, 0) is 7.05 Å². The zero-order valence-electron chi connectivity index (χ0n) is 9.59. The molecule has 0 spiro atoms. The van der Waals surface area contributed by atoms with Crippen molar-refractivity contribution in [3.63, 3.8) is 0 Å². The summed E-state index contributed by atoms with van der Waals surface area (Å²) in [4.78, 5) is 9.06. The molecule has 0 aliphatic rings. The van der Waals surface area contributed by atoms with Gasteiger partial charge in [-0.15, -0.1) is 0 Å². The quantitative estimate of drug-likeness (QED) is 0.295. The summed E-state index contributed by atoms with van der Waals surface area (Å²) < 4.78 is 15.8. The first-order chi connectivity index (χ1) is 7.76. The predicted octanol–water partition coefficient (Wildman–Crippen LogP) is -1.58. The van der Waals surface area contributed by atoms with Crippen LogP contribution < -0.4 is 5.09 Å². The minimum absolute atomic E-state index is 0.398. The van der Waals surface area contributed by atoms with Gasteiger partial charge in [0.25, 0.3) is 0 Å². The summed E-state index contributed by atoms with van der Waals surface area (Å²) in [5.74, 6) is -1.39. The Labute approximate surface area is 101 Å². The van der Waals surface area contributed by atoms with Crippen LogP contribution in [0.25, 0.3) is 0 Å². The van der Waals surface area contributed by atoms with Crippen molar-refractivity contribution in [1.29, 1.82) is 0 Å². The summed E-state index contributed by atoms with van der Waals surface area (Å²) in [5, 5.41) is 39.6. The topological polar surface area (TPSA) is 139 Å². The molecule has 6 N–H and O–H groups in total. The summed E-state index contributed by atoms with van der Waals surface area (Å²) in [6.45, 7) is 0.164. The first-order valence-corrected chi connectivity index (χ1v) is 8.39. The van der Waals surface area contributed by atoms with E-state index < -0.39 is 46.7 Å². The monoisotopic (exact) mass is 291 g/mol. The predicted molar refractivity (Wildman–Crippen MR) is 62.8 cm³/mol. The lowest BCUT2D eigenvalue weighted by Crippen LogP contribution is -2.41. The number of rotatable bonds is 8. The summed E-state index contributed by atoms with van der Waals surface area (Å²) in [6, 6.07) is 0. The van der Waals surface area contributed by atoms with Gasteiger partial charge in [0, 0.05) is 14.7 Å². The van der Waals surface area contributed by atoms with Crippen LogP contribution in [0.4, 0.5) is 0 Å². The van der Waals surface area contributed by atoms with Crippen molar-refractivity contribution in [3.05, 3.63) is 0 Å². The van der Waals surface area contributed by atoms with Crippen molar-refractivity contribution in [2.75, 3.05) is 26.7 Å². The van der Waals surface area contributed by atoms with Crippen molar-refractivity contribution in [2.24, 2.45) is 0 Å². The van der Waals surface area contributed by atoms with Crippen LogP contribution in [0.15, 0.2) is 0 Å². The largest absolute Gasteiger partial charge is 0.394 e. The van der Waals surface area contributed by atoms with Gasteiger partial charge in [0.15, 0.2) is 0 Å². The molecule has 0 radical (unpaired) electrons. The van der Waals surface area contributed by atoms with Crippen molar-refractivity contribution in [1.82, 2.24) is 5.09 Å². The van der Waals surface area contributed by atoms with E-state index in [1.165, 1.54) is 7.05 Å². The first kappa shape index (κ1) is 17.4. The van der Waals surface area contributed by atoms with Gasteiger partial charge in [-0.1, -0.05) is 0 Å². The van der Waals surface area contributed by atoms with Gasteiger partial charge in [-0.3, -0.25) is 14.2 Å². The Bertz CT molecular complexity index is 257. The normalized spacial score (nSPS) is 22.5. The third-order valence-corrected chi connectivity index (χ3v) is 4.38. The molecule has 0 aliphatic heterocycles. The molecule has 10 heteroatoms. The molecule has 8 nitrogen and oxygen atoms in total. The van der Waals surface area contributed by atoms with E-state index in [2.05, 4.69) is 9.61 Å². The van der Waals surface area contributed by atoms with E-state index in [1.54, 1.807) is 0 Å². The van der Waals surface area contributed by atoms with Crippen LogP contribution in [0.1, 0.15) is 0 Å². The smallest absolute Gasteiger partial charge is 0.325 e. The van der Waals surface area contributed by atoms with Crippen molar-refractivity contribution in [3.8, 4) is 0 Å². The Hall–Kier alpha value is 0.380. The summed E-state index contributed by atoms with van der Waals surface area (Å²) in [7, 11) is -3.96. The van der Waals surface area contributed by atoms with Crippen LogP contribution in [0.3, 0.4) is 0 Å². The lowest BCUT2D eigenvalue weighted by molar-refractivity contribution is -0.0413. The van der Waals surface area contributed by atoms with Gasteiger partial charge in [-0.2, -0.15) is 0 Å². The molecule has 0 fully saturated rings. The number of hydrogen-bond donors (Lipinski definition) is 6. The summed E-state index contributed by atoms with van der Waals surface area (Å²) >= 11 is 0. The molecule has 5 atom stereocenters. The molecule has 104 valence electrons. The molecule has 0 saturated carbocycles. The molecule has 0 aromatic rings. The van der Waals surface area contributed by atoms with Gasteiger partial charge in [0.2, 0.25) is 0 Å². The van der Waals surface area contributed by atoms with Crippen LogP contribution >= 0.6 is 15.7 Å². The van der Waals surface area contributed by atoms with Crippen LogP contribution in [0.5, 0.6) is 0 Å². The molecular weight excluding hydrogens is 272 g/mol. The van der Waals surface area contributed by atoms with Crippen molar-refractivity contribution >= 4 is 15.7 Å². The molecule has 0 amide bonds. The van der Waals surface area contributed by atoms with E-state index >= 15 is 0 Å². The Balaban J connectivity index is 4.84. The second kappa shape index (κ2) is 7.74. The summed E-state index contributed by atoms with van der Waals surface area (Å²) in [6.07, 6.45) is -3.37. The molecule has 0 rings (SSSR count). The molecule has 0 bridgehead atoms. The van der Waals surface area contributed by atoms with E-state index in [0.29, 0.717) is 0 Å². The van der Waals surface area contributed by atoms with Crippen LogP contribution in [0, 0.1) is 0 Å². The highest BCUT2D eigenvalue weighted by molar-refractivity contribution is 7.56. The average molecular weight is 291 g/mol. The molecule has 0 heterocycles. The van der Waals surface area contributed by atoms with E-state index in [1.807, 2.05) is 0 Å². The minimum atomic E-state index is -3.93. The van der Waals surface area contributed by atoms with Gasteiger partial charge < -0.3 is 25.3 Å². The van der Waals surface area contributed by atoms with Crippen molar-refractivity contribution < 1.29 is 34.4 Å². The number of hydrogen-bond acceptors (Lipinski definition) is 7. The average Bonchev–Trinajstić information content (AvgIpc) is 2.25. The molecule has 5 unspecified atom stereocenters. The third kappa shape index (κ3) is 6.20.